The highest BCUT2D eigenvalue weighted by Gasteiger charge is 2.08. The van der Waals surface area contributed by atoms with Crippen LogP contribution in [0.4, 0.5) is 5.69 Å². The minimum absolute atomic E-state index is 0.0145. The second kappa shape index (κ2) is 10.2. The maximum absolute atomic E-state index is 12.0. The van der Waals surface area contributed by atoms with Crippen molar-refractivity contribution in [2.75, 3.05) is 11.9 Å². The molecule has 0 aliphatic rings. The van der Waals surface area contributed by atoms with Crippen LogP contribution in [0.25, 0.3) is 0 Å². The van der Waals surface area contributed by atoms with Crippen LogP contribution in [-0.4, -0.2) is 18.5 Å². The van der Waals surface area contributed by atoms with Crippen LogP contribution < -0.4 is 9.88 Å². The molecule has 0 unspecified atom stereocenters. The topological polar surface area (TPSA) is 59.3 Å². The molecule has 5 nitrogen and oxygen atoms in total. The molecule has 0 radical (unpaired) electrons. The normalized spacial score (nSPS) is 10.3. The van der Waals surface area contributed by atoms with Gasteiger partial charge in [0.15, 0.2) is 12.4 Å². The molecule has 1 heterocycles. The van der Waals surface area contributed by atoms with E-state index in [4.69, 9.17) is 4.74 Å². The summed E-state index contributed by atoms with van der Waals surface area (Å²) in [4.78, 5) is 23.7. The van der Waals surface area contributed by atoms with Crippen molar-refractivity contribution >= 4 is 17.6 Å². The predicted octanol–water partition coefficient (Wildman–Crippen LogP) is 3.35. The van der Waals surface area contributed by atoms with Crippen molar-refractivity contribution in [2.24, 2.45) is 0 Å². The molecule has 0 bridgehead atoms. The number of rotatable bonds is 9. The Kier molecular flexibility index (Phi) is 7.63. The van der Waals surface area contributed by atoms with E-state index in [1.807, 2.05) is 37.5 Å². The second-order valence-corrected chi connectivity index (χ2v) is 5.83. The molecule has 25 heavy (non-hydrogen) atoms. The van der Waals surface area contributed by atoms with Gasteiger partial charge in [-0.3, -0.25) is 4.79 Å². The number of unbranched alkanes of at least 4 members (excludes halogenated alkanes) is 1. The Balaban J connectivity index is 1.70. The number of carbonyl (C=O) groups excluding carboxylic acids is 2. The summed E-state index contributed by atoms with van der Waals surface area (Å²) in [6.07, 6.45) is 7.09. The van der Waals surface area contributed by atoms with Gasteiger partial charge in [-0.2, -0.15) is 0 Å². The first-order valence-corrected chi connectivity index (χ1v) is 8.70. The van der Waals surface area contributed by atoms with Crippen LogP contribution in [0.15, 0.2) is 54.9 Å². The number of pyridine rings is 1. The molecular weight excluding hydrogens is 316 g/mol. The number of aryl methyl sites for hydroxylation is 1. The van der Waals surface area contributed by atoms with Crippen LogP contribution in [0.1, 0.15) is 43.0 Å². The molecule has 5 heteroatoms. The van der Waals surface area contributed by atoms with Crippen LogP contribution in [-0.2, 0) is 16.1 Å². The lowest BCUT2D eigenvalue weighted by Gasteiger charge is -2.06. The summed E-state index contributed by atoms with van der Waals surface area (Å²) in [6, 6.07) is 12.8. The number of carbonyl (C=O) groups is 2. The Hall–Kier alpha value is -2.69. The van der Waals surface area contributed by atoms with Crippen LogP contribution in [0.2, 0.25) is 0 Å². The Bertz CT molecular complexity index is 669. The first-order valence-electron chi connectivity index (χ1n) is 8.70. The highest BCUT2D eigenvalue weighted by molar-refractivity contribution is 5.93. The van der Waals surface area contributed by atoms with Crippen molar-refractivity contribution in [3.05, 3.63) is 60.4 Å². The monoisotopic (exact) mass is 341 g/mol. The van der Waals surface area contributed by atoms with Gasteiger partial charge in [-0.15, -0.1) is 0 Å². The number of hydrogen-bond donors (Lipinski definition) is 1. The molecule has 2 rings (SSSR count). The fraction of sp³-hybridized carbons (Fsp3) is 0.350. The maximum Gasteiger partial charge on any atom is 0.338 e. The zero-order valence-corrected chi connectivity index (χ0v) is 14.6. The highest BCUT2D eigenvalue weighted by atomic mass is 16.5. The second-order valence-electron chi connectivity index (χ2n) is 5.83. The number of aromatic nitrogens is 1. The summed E-state index contributed by atoms with van der Waals surface area (Å²) in [5.41, 5.74) is 1.18. The number of nitrogens with one attached hydrogen (secondary N) is 1. The molecular formula is C20H25N2O3+. The number of anilines is 1. The molecule has 0 saturated heterocycles. The fourth-order valence-corrected chi connectivity index (χ4v) is 2.35. The van der Waals surface area contributed by atoms with Crippen LogP contribution in [0.3, 0.4) is 0 Å². The van der Waals surface area contributed by atoms with Gasteiger partial charge >= 0.3 is 5.97 Å². The van der Waals surface area contributed by atoms with Gasteiger partial charge in [-0.25, -0.2) is 9.36 Å². The van der Waals surface area contributed by atoms with Gasteiger partial charge in [-0.1, -0.05) is 13.0 Å². The van der Waals surface area contributed by atoms with E-state index in [2.05, 4.69) is 9.88 Å². The van der Waals surface area contributed by atoms with E-state index in [1.54, 1.807) is 24.3 Å². The lowest BCUT2D eigenvalue weighted by molar-refractivity contribution is -0.697. The molecule has 2 aromatic rings. The molecule has 0 spiro atoms. The van der Waals surface area contributed by atoms with Crippen molar-refractivity contribution in [1.29, 1.82) is 0 Å². The van der Waals surface area contributed by atoms with E-state index < -0.39 is 0 Å². The Morgan fingerprint density at radius 2 is 1.76 bits per heavy atom. The standard InChI is InChI=1S/C20H24N2O3/c1-2-16-25-20(24)17-9-11-18(12-10-17)21-19(23)8-4-7-15-22-13-5-3-6-14-22/h3,5-6,9-14H,2,4,7-8,15-16H2,1H3/p+1. The maximum atomic E-state index is 12.0. The van der Waals surface area contributed by atoms with Gasteiger partial charge in [0, 0.05) is 30.7 Å². The van der Waals surface area contributed by atoms with Crippen molar-refractivity contribution in [1.82, 2.24) is 0 Å². The third-order valence-electron chi connectivity index (χ3n) is 3.69. The van der Waals surface area contributed by atoms with Crippen molar-refractivity contribution in [3.63, 3.8) is 0 Å². The number of nitrogens with zero attached hydrogens (tertiary/aromatic N) is 1. The molecule has 0 aliphatic heterocycles. The zero-order valence-electron chi connectivity index (χ0n) is 14.6. The molecule has 1 aromatic carbocycles. The summed E-state index contributed by atoms with van der Waals surface area (Å²) < 4.78 is 7.18. The minimum atomic E-state index is -0.335. The summed E-state index contributed by atoms with van der Waals surface area (Å²) in [7, 11) is 0. The average molecular weight is 341 g/mol. The summed E-state index contributed by atoms with van der Waals surface area (Å²) in [5.74, 6) is -0.350. The van der Waals surface area contributed by atoms with Crippen LogP contribution >= 0.6 is 0 Å². The van der Waals surface area contributed by atoms with Gasteiger partial charge in [0.1, 0.15) is 6.54 Å². The van der Waals surface area contributed by atoms with Gasteiger partial charge in [0.05, 0.1) is 12.2 Å². The quantitative estimate of drug-likeness (QED) is 0.432. The summed E-state index contributed by atoms with van der Waals surface area (Å²) >= 11 is 0. The molecule has 1 amide bonds. The molecule has 0 atom stereocenters. The predicted molar refractivity (Wildman–Crippen MR) is 96.1 cm³/mol. The molecule has 1 N–H and O–H groups in total. The van der Waals surface area contributed by atoms with Gasteiger partial charge in [0.2, 0.25) is 5.91 Å². The van der Waals surface area contributed by atoms with E-state index in [1.165, 1.54) is 0 Å². The number of hydrogen-bond acceptors (Lipinski definition) is 3. The average Bonchev–Trinajstić information content (AvgIpc) is 2.65. The number of ether oxygens (including phenoxy) is 1. The van der Waals surface area contributed by atoms with E-state index >= 15 is 0 Å². The molecule has 132 valence electrons. The third-order valence-corrected chi connectivity index (χ3v) is 3.69. The zero-order chi connectivity index (χ0) is 17.9. The van der Waals surface area contributed by atoms with E-state index in [0.29, 0.717) is 24.3 Å². The number of amides is 1. The van der Waals surface area contributed by atoms with E-state index in [0.717, 1.165) is 25.8 Å². The first-order chi connectivity index (χ1) is 12.2. The van der Waals surface area contributed by atoms with Crippen molar-refractivity contribution in [3.8, 4) is 0 Å². The summed E-state index contributed by atoms with van der Waals surface area (Å²) in [5, 5.41) is 2.85. The number of benzene rings is 1. The lowest BCUT2D eigenvalue weighted by atomic mass is 10.2. The molecule has 0 saturated carbocycles. The van der Waals surface area contributed by atoms with Crippen molar-refractivity contribution in [2.45, 2.75) is 39.2 Å². The SMILES string of the molecule is CCCOC(=O)c1ccc(NC(=O)CCCC[n+]2ccccc2)cc1. The molecule has 1 aromatic heterocycles. The number of esters is 1. The largest absolute Gasteiger partial charge is 0.462 e. The smallest absolute Gasteiger partial charge is 0.338 e. The molecule has 0 aliphatic carbocycles. The van der Waals surface area contributed by atoms with Crippen LogP contribution in [0, 0.1) is 0 Å². The highest BCUT2D eigenvalue weighted by Crippen LogP contribution is 2.11. The van der Waals surface area contributed by atoms with Gasteiger partial charge in [-0.05, 0) is 37.1 Å². The van der Waals surface area contributed by atoms with Crippen LogP contribution in [0.5, 0.6) is 0 Å². The van der Waals surface area contributed by atoms with E-state index in [-0.39, 0.29) is 11.9 Å². The Morgan fingerprint density at radius 1 is 1.04 bits per heavy atom. The summed E-state index contributed by atoms with van der Waals surface area (Å²) in [6.45, 7) is 3.27. The van der Waals surface area contributed by atoms with Gasteiger partial charge < -0.3 is 10.1 Å². The third kappa shape index (κ3) is 6.75. The Morgan fingerprint density at radius 3 is 2.44 bits per heavy atom. The minimum Gasteiger partial charge on any atom is -0.462 e. The van der Waals surface area contributed by atoms with Gasteiger partial charge in [0.25, 0.3) is 0 Å². The Labute approximate surface area is 148 Å². The fourth-order valence-electron chi connectivity index (χ4n) is 2.35. The van der Waals surface area contributed by atoms with Crippen molar-refractivity contribution < 1.29 is 18.9 Å². The molecule has 0 fully saturated rings. The lowest BCUT2D eigenvalue weighted by Crippen LogP contribution is -2.32. The first kappa shape index (κ1) is 18.6. The van der Waals surface area contributed by atoms with E-state index in [9.17, 15) is 9.59 Å².